The van der Waals surface area contributed by atoms with Gasteiger partial charge in [0.15, 0.2) is 5.71 Å². The van der Waals surface area contributed by atoms with Crippen molar-refractivity contribution in [1.29, 1.82) is 0 Å². The molecule has 0 radical (unpaired) electrons. The van der Waals surface area contributed by atoms with Crippen LogP contribution in [0.1, 0.15) is 15.7 Å². The Labute approximate surface area is 111 Å². The molecule has 0 aliphatic rings. The van der Waals surface area contributed by atoms with Crippen LogP contribution in [0.5, 0.6) is 0 Å². The monoisotopic (exact) mass is 275 g/mol. The number of aryl methyl sites for hydroxylation is 1. The van der Waals surface area contributed by atoms with Crippen LogP contribution in [0, 0.1) is 6.92 Å². The molecule has 4 nitrogen and oxygen atoms in total. The van der Waals surface area contributed by atoms with Gasteiger partial charge in [-0.3, -0.25) is 0 Å². The van der Waals surface area contributed by atoms with Crippen molar-refractivity contribution in [3.8, 4) is 0 Å². The lowest BCUT2D eigenvalue weighted by Gasteiger charge is -1.94. The number of hydrogen-bond acceptors (Lipinski definition) is 6. The highest BCUT2D eigenvalue weighted by atomic mass is 32.1. The zero-order valence-electron chi connectivity index (χ0n) is 9.49. The van der Waals surface area contributed by atoms with Crippen molar-refractivity contribution >= 4 is 38.6 Å². The van der Waals surface area contributed by atoms with E-state index in [1.54, 1.807) is 0 Å². The number of hydrogen-bond donors (Lipinski definition) is 1. The summed E-state index contributed by atoms with van der Waals surface area (Å²) in [5.74, 6) is 0. The molecule has 1 aromatic carbocycles. The minimum Gasteiger partial charge on any atom is -0.410 e. The van der Waals surface area contributed by atoms with Gasteiger partial charge in [-0.2, -0.15) is 0 Å². The van der Waals surface area contributed by atoms with E-state index in [9.17, 15) is 5.21 Å². The molecule has 2 heterocycles. The largest absolute Gasteiger partial charge is 0.410 e. The van der Waals surface area contributed by atoms with Crippen LogP contribution >= 0.6 is 22.7 Å². The standard InChI is InChI=1S/C12H9N3OS2/c1-7-6-17-11(13-7)10(15-16)12-14-8-4-2-3-5-9(8)18-12/h2-6,16H,1H3. The predicted octanol–water partition coefficient (Wildman–Crippen LogP) is 3.29. The number of thiazole rings is 2. The normalized spacial score (nSPS) is 12.2. The topological polar surface area (TPSA) is 58.4 Å². The van der Waals surface area contributed by atoms with Gasteiger partial charge < -0.3 is 5.21 Å². The highest BCUT2D eigenvalue weighted by Gasteiger charge is 2.16. The average molecular weight is 275 g/mol. The molecule has 1 N–H and O–H groups in total. The minimum absolute atomic E-state index is 0.439. The molecule has 0 amide bonds. The quantitative estimate of drug-likeness (QED) is 0.443. The van der Waals surface area contributed by atoms with Gasteiger partial charge in [-0.15, -0.1) is 22.7 Å². The van der Waals surface area contributed by atoms with Crippen LogP contribution in [0.4, 0.5) is 0 Å². The first-order chi connectivity index (χ1) is 8.78. The van der Waals surface area contributed by atoms with Crippen LogP contribution in [0.25, 0.3) is 10.2 Å². The number of para-hydroxylation sites is 1. The summed E-state index contributed by atoms with van der Waals surface area (Å²) in [7, 11) is 0. The Morgan fingerprint density at radius 2 is 2.06 bits per heavy atom. The van der Waals surface area contributed by atoms with E-state index in [4.69, 9.17) is 0 Å². The minimum atomic E-state index is 0.439. The number of oxime groups is 1. The van der Waals surface area contributed by atoms with Crippen molar-refractivity contribution in [2.24, 2.45) is 5.16 Å². The maximum Gasteiger partial charge on any atom is 0.174 e. The number of nitrogens with zero attached hydrogens (tertiary/aromatic N) is 3. The van der Waals surface area contributed by atoms with Gasteiger partial charge in [-0.05, 0) is 19.1 Å². The van der Waals surface area contributed by atoms with Gasteiger partial charge in [0, 0.05) is 11.1 Å². The SMILES string of the molecule is Cc1csc(C(=NO)c2nc3ccccc3s2)n1. The summed E-state index contributed by atoms with van der Waals surface area (Å²) in [6.45, 7) is 1.91. The Morgan fingerprint density at radius 1 is 1.22 bits per heavy atom. The van der Waals surface area contributed by atoms with Gasteiger partial charge in [-0.25, -0.2) is 9.97 Å². The zero-order valence-corrected chi connectivity index (χ0v) is 11.1. The second-order valence-electron chi connectivity index (χ2n) is 3.73. The fourth-order valence-electron chi connectivity index (χ4n) is 1.61. The summed E-state index contributed by atoms with van der Waals surface area (Å²) in [4.78, 5) is 8.79. The molecule has 0 saturated carbocycles. The Bertz CT molecular complexity index is 697. The van der Waals surface area contributed by atoms with E-state index in [0.717, 1.165) is 15.9 Å². The van der Waals surface area contributed by atoms with E-state index in [0.29, 0.717) is 15.7 Å². The number of aromatic nitrogens is 2. The maximum atomic E-state index is 9.19. The van der Waals surface area contributed by atoms with E-state index in [-0.39, 0.29) is 0 Å². The molecule has 0 fully saturated rings. The molecule has 0 saturated heterocycles. The molecule has 0 aliphatic heterocycles. The smallest absolute Gasteiger partial charge is 0.174 e. The molecule has 3 rings (SSSR count). The van der Waals surface area contributed by atoms with E-state index in [1.165, 1.54) is 22.7 Å². The lowest BCUT2D eigenvalue weighted by atomic mass is 10.3. The molecule has 0 spiro atoms. The summed E-state index contributed by atoms with van der Waals surface area (Å²) >= 11 is 2.95. The molecule has 90 valence electrons. The third-order valence-corrected chi connectivity index (χ3v) is 4.43. The molecule has 0 aliphatic carbocycles. The second-order valence-corrected chi connectivity index (χ2v) is 5.62. The van der Waals surface area contributed by atoms with Gasteiger partial charge in [0.25, 0.3) is 0 Å². The van der Waals surface area contributed by atoms with Crippen LogP contribution in [-0.2, 0) is 0 Å². The third-order valence-electron chi connectivity index (χ3n) is 2.42. The van der Waals surface area contributed by atoms with E-state index in [2.05, 4.69) is 15.1 Å². The van der Waals surface area contributed by atoms with Crippen LogP contribution in [0.15, 0.2) is 34.8 Å². The van der Waals surface area contributed by atoms with Gasteiger partial charge in [-0.1, -0.05) is 17.3 Å². The molecule has 0 unspecified atom stereocenters. The third kappa shape index (κ3) is 1.89. The van der Waals surface area contributed by atoms with Crippen molar-refractivity contribution in [3.05, 3.63) is 45.4 Å². The Balaban J connectivity index is 2.12. The summed E-state index contributed by atoms with van der Waals surface area (Å²) in [6.07, 6.45) is 0. The number of fused-ring (bicyclic) bond motifs is 1. The number of benzene rings is 1. The highest BCUT2D eigenvalue weighted by Crippen LogP contribution is 2.25. The number of rotatable bonds is 2. The van der Waals surface area contributed by atoms with Crippen molar-refractivity contribution < 1.29 is 5.21 Å². The summed E-state index contributed by atoms with van der Waals surface area (Å²) < 4.78 is 1.07. The molecule has 3 aromatic rings. The van der Waals surface area contributed by atoms with Crippen molar-refractivity contribution in [3.63, 3.8) is 0 Å². The Kier molecular flexibility index (Phi) is 2.81. The Hall–Kier alpha value is -1.79. The lowest BCUT2D eigenvalue weighted by Crippen LogP contribution is -2.02. The molecule has 0 atom stereocenters. The zero-order chi connectivity index (χ0) is 12.5. The van der Waals surface area contributed by atoms with E-state index >= 15 is 0 Å². The maximum absolute atomic E-state index is 9.19. The Morgan fingerprint density at radius 3 is 2.72 bits per heavy atom. The molecular formula is C12H9N3OS2. The first kappa shape index (κ1) is 11.3. The molecule has 2 aromatic heterocycles. The summed E-state index contributed by atoms with van der Waals surface area (Å²) in [5.41, 5.74) is 2.26. The van der Waals surface area contributed by atoms with Gasteiger partial charge in [0.05, 0.1) is 10.2 Å². The summed E-state index contributed by atoms with van der Waals surface area (Å²) in [5, 5.41) is 15.8. The first-order valence-electron chi connectivity index (χ1n) is 5.28. The van der Waals surface area contributed by atoms with Crippen molar-refractivity contribution in [1.82, 2.24) is 9.97 Å². The summed E-state index contributed by atoms with van der Waals surface area (Å²) in [6, 6.07) is 7.85. The predicted molar refractivity (Wildman–Crippen MR) is 73.9 cm³/mol. The highest BCUT2D eigenvalue weighted by molar-refractivity contribution is 7.21. The van der Waals surface area contributed by atoms with E-state index < -0.39 is 0 Å². The second kappa shape index (κ2) is 4.47. The average Bonchev–Trinajstić information content (AvgIpc) is 2.96. The molecule has 18 heavy (non-hydrogen) atoms. The van der Waals surface area contributed by atoms with Gasteiger partial charge >= 0.3 is 0 Å². The lowest BCUT2D eigenvalue weighted by molar-refractivity contribution is 0.319. The fraction of sp³-hybridized carbons (Fsp3) is 0.0833. The van der Waals surface area contributed by atoms with Crippen molar-refractivity contribution in [2.75, 3.05) is 0 Å². The van der Waals surface area contributed by atoms with Crippen LogP contribution in [0.2, 0.25) is 0 Å². The fourth-order valence-corrected chi connectivity index (χ4v) is 3.41. The molecule has 6 heteroatoms. The van der Waals surface area contributed by atoms with Gasteiger partial charge in [0.2, 0.25) is 0 Å². The molecule has 0 bridgehead atoms. The molecular weight excluding hydrogens is 266 g/mol. The van der Waals surface area contributed by atoms with Crippen molar-refractivity contribution in [2.45, 2.75) is 6.92 Å². The van der Waals surface area contributed by atoms with Crippen LogP contribution in [0.3, 0.4) is 0 Å². The van der Waals surface area contributed by atoms with E-state index in [1.807, 2.05) is 36.6 Å². The van der Waals surface area contributed by atoms with Crippen LogP contribution < -0.4 is 0 Å². The van der Waals surface area contributed by atoms with Gasteiger partial charge in [0.1, 0.15) is 10.0 Å². The van der Waals surface area contributed by atoms with Crippen LogP contribution in [-0.4, -0.2) is 20.9 Å². The first-order valence-corrected chi connectivity index (χ1v) is 6.98.